The smallest absolute Gasteiger partial charge is 0.266 e. The van der Waals surface area contributed by atoms with E-state index in [2.05, 4.69) is 6.58 Å². The van der Waals surface area contributed by atoms with Crippen molar-refractivity contribution in [1.82, 2.24) is 14.7 Å². The summed E-state index contributed by atoms with van der Waals surface area (Å²) in [7, 11) is 0. The van der Waals surface area contributed by atoms with Crippen molar-refractivity contribution in [2.75, 3.05) is 6.61 Å². The zero-order chi connectivity index (χ0) is 24.4. The first-order chi connectivity index (χ1) is 17.0. The maximum Gasteiger partial charge on any atom is 0.266 e. The number of amides is 1. The van der Waals surface area contributed by atoms with E-state index in [1.54, 1.807) is 6.08 Å². The summed E-state index contributed by atoms with van der Waals surface area (Å²) in [5.74, 6) is 0.794. The highest BCUT2D eigenvalue weighted by molar-refractivity contribution is 8.26. The van der Waals surface area contributed by atoms with Gasteiger partial charge in [0.1, 0.15) is 22.4 Å². The first kappa shape index (κ1) is 23.6. The first-order valence-corrected chi connectivity index (χ1v) is 13.0. The maximum absolute atomic E-state index is 13.3. The van der Waals surface area contributed by atoms with E-state index in [0.29, 0.717) is 15.8 Å². The van der Waals surface area contributed by atoms with Crippen LogP contribution in [0.2, 0.25) is 0 Å². The molecule has 2 fully saturated rings. The SMILES string of the molecule is C=CCOc1ccc(-c2nn(-c3ccccc3)cc2/C=C2\SC(=S)N(C3CCCC3)C2=O)c(C)c1. The van der Waals surface area contributed by atoms with Crippen LogP contribution in [0.15, 0.2) is 72.3 Å². The van der Waals surface area contributed by atoms with E-state index in [0.717, 1.165) is 59.5 Å². The minimum absolute atomic E-state index is 0.00945. The fraction of sp³-hybridized carbons (Fsp3) is 0.250. The molecule has 0 N–H and O–H groups in total. The van der Waals surface area contributed by atoms with Crippen LogP contribution in [0.5, 0.6) is 5.75 Å². The average molecular weight is 502 g/mol. The molecule has 35 heavy (non-hydrogen) atoms. The Morgan fingerprint density at radius 1 is 1.20 bits per heavy atom. The molecule has 0 bridgehead atoms. The second-order valence-corrected chi connectivity index (χ2v) is 10.5. The molecule has 3 aromatic rings. The van der Waals surface area contributed by atoms with Gasteiger partial charge in [0, 0.05) is 23.4 Å². The summed E-state index contributed by atoms with van der Waals surface area (Å²) in [5, 5.41) is 4.93. The summed E-state index contributed by atoms with van der Waals surface area (Å²) in [5.41, 5.74) is 4.67. The number of rotatable bonds is 7. The average Bonchev–Trinajstić information content (AvgIpc) is 3.59. The molecule has 1 saturated carbocycles. The van der Waals surface area contributed by atoms with Gasteiger partial charge in [-0.3, -0.25) is 9.69 Å². The Hall–Kier alpha value is -3.16. The molecule has 2 aromatic carbocycles. The van der Waals surface area contributed by atoms with Gasteiger partial charge in [-0.2, -0.15) is 5.10 Å². The number of carbonyl (C=O) groups excluding carboxylic acids is 1. The van der Waals surface area contributed by atoms with Gasteiger partial charge in [-0.25, -0.2) is 4.68 Å². The van der Waals surface area contributed by atoms with Gasteiger partial charge in [-0.05, 0) is 61.7 Å². The third-order valence-corrected chi connectivity index (χ3v) is 7.71. The van der Waals surface area contributed by atoms with Gasteiger partial charge in [0.15, 0.2) is 0 Å². The molecule has 0 radical (unpaired) electrons. The van der Waals surface area contributed by atoms with Crippen molar-refractivity contribution in [1.29, 1.82) is 0 Å². The molecule has 1 saturated heterocycles. The summed E-state index contributed by atoms with van der Waals surface area (Å²) in [6, 6.07) is 16.2. The van der Waals surface area contributed by atoms with Gasteiger partial charge in [0.05, 0.1) is 10.6 Å². The molecule has 2 heterocycles. The first-order valence-electron chi connectivity index (χ1n) is 11.8. The predicted octanol–water partition coefficient (Wildman–Crippen LogP) is 6.56. The third-order valence-electron chi connectivity index (χ3n) is 6.38. The number of thiocarbonyl (C=S) groups is 1. The molecule has 1 aliphatic heterocycles. The number of hydrogen-bond acceptors (Lipinski definition) is 5. The van der Waals surface area contributed by atoms with Gasteiger partial charge < -0.3 is 4.74 Å². The topological polar surface area (TPSA) is 47.4 Å². The van der Waals surface area contributed by atoms with Crippen LogP contribution in [0.25, 0.3) is 23.0 Å². The van der Waals surface area contributed by atoms with Crippen LogP contribution in [-0.2, 0) is 4.79 Å². The summed E-state index contributed by atoms with van der Waals surface area (Å²) in [4.78, 5) is 15.8. The molecular weight excluding hydrogens is 474 g/mol. The lowest BCUT2D eigenvalue weighted by molar-refractivity contribution is -0.123. The van der Waals surface area contributed by atoms with Crippen molar-refractivity contribution in [2.24, 2.45) is 0 Å². The minimum Gasteiger partial charge on any atom is -0.490 e. The van der Waals surface area contributed by atoms with Crippen LogP contribution in [0.1, 0.15) is 36.8 Å². The number of aromatic nitrogens is 2. The molecule has 1 aromatic heterocycles. The zero-order valence-electron chi connectivity index (χ0n) is 19.6. The zero-order valence-corrected chi connectivity index (χ0v) is 21.3. The van der Waals surface area contributed by atoms with Crippen LogP contribution < -0.4 is 4.74 Å². The fourth-order valence-corrected chi connectivity index (χ4v) is 6.05. The lowest BCUT2D eigenvalue weighted by Crippen LogP contribution is -2.36. The van der Waals surface area contributed by atoms with Gasteiger partial charge in [0.25, 0.3) is 5.91 Å². The van der Waals surface area contributed by atoms with E-state index in [-0.39, 0.29) is 11.9 Å². The molecule has 2 aliphatic rings. The lowest BCUT2D eigenvalue weighted by atomic mass is 10.0. The fourth-order valence-electron chi connectivity index (χ4n) is 4.66. The number of ether oxygens (including phenoxy) is 1. The number of nitrogens with zero attached hydrogens (tertiary/aromatic N) is 3. The van der Waals surface area contributed by atoms with Crippen LogP contribution >= 0.6 is 24.0 Å². The summed E-state index contributed by atoms with van der Waals surface area (Å²) < 4.78 is 8.22. The number of carbonyl (C=O) groups is 1. The second kappa shape index (κ2) is 10.2. The van der Waals surface area contributed by atoms with Crippen molar-refractivity contribution < 1.29 is 9.53 Å². The Morgan fingerprint density at radius 3 is 2.69 bits per heavy atom. The largest absolute Gasteiger partial charge is 0.490 e. The molecule has 0 spiro atoms. The highest BCUT2D eigenvalue weighted by Gasteiger charge is 2.38. The normalized spacial score (nSPS) is 17.5. The highest BCUT2D eigenvalue weighted by Crippen LogP contribution is 2.39. The van der Waals surface area contributed by atoms with E-state index in [1.807, 2.05) is 77.3 Å². The second-order valence-electron chi connectivity index (χ2n) is 8.78. The van der Waals surface area contributed by atoms with Crippen LogP contribution in [0, 0.1) is 6.92 Å². The van der Waals surface area contributed by atoms with E-state index >= 15 is 0 Å². The summed E-state index contributed by atoms with van der Waals surface area (Å²) in [6.07, 6.45) is 10.0. The number of thioether (sulfide) groups is 1. The van der Waals surface area contributed by atoms with Gasteiger partial charge in [-0.1, -0.05) is 67.7 Å². The van der Waals surface area contributed by atoms with Crippen LogP contribution in [-0.4, -0.2) is 37.6 Å². The van der Waals surface area contributed by atoms with Crippen molar-refractivity contribution in [3.05, 3.63) is 83.4 Å². The van der Waals surface area contributed by atoms with Crippen molar-refractivity contribution in [3.8, 4) is 22.7 Å². The van der Waals surface area contributed by atoms with E-state index < -0.39 is 0 Å². The third kappa shape index (κ3) is 4.83. The summed E-state index contributed by atoms with van der Waals surface area (Å²) >= 11 is 7.00. The Labute approximate surface area is 215 Å². The minimum atomic E-state index is 0.00945. The van der Waals surface area contributed by atoms with Crippen LogP contribution in [0.4, 0.5) is 0 Å². The molecule has 7 heteroatoms. The Bertz CT molecular complexity index is 1310. The molecule has 5 nitrogen and oxygen atoms in total. The number of benzene rings is 2. The van der Waals surface area contributed by atoms with E-state index in [4.69, 9.17) is 22.1 Å². The molecule has 178 valence electrons. The standard InChI is InChI=1S/C28H27N3O2S2/c1-3-15-33-23-13-14-24(19(2)16-23)26-20(18-30(29-26)21-9-5-4-6-10-21)17-25-27(32)31(28(34)35-25)22-11-7-8-12-22/h3-6,9-10,13-14,16-18,22H,1,7-8,11-12,15H2,2H3/b25-17-. The molecular formula is C28H27N3O2S2. The Kier molecular flexibility index (Phi) is 6.88. The molecule has 0 unspecified atom stereocenters. The molecule has 0 atom stereocenters. The summed E-state index contributed by atoms with van der Waals surface area (Å²) in [6.45, 7) is 6.21. The van der Waals surface area contributed by atoms with Gasteiger partial charge in [0.2, 0.25) is 0 Å². The van der Waals surface area contributed by atoms with Gasteiger partial charge >= 0.3 is 0 Å². The maximum atomic E-state index is 13.3. The lowest BCUT2D eigenvalue weighted by Gasteiger charge is -2.21. The van der Waals surface area contributed by atoms with Crippen molar-refractivity contribution >= 4 is 40.3 Å². The van der Waals surface area contributed by atoms with E-state index in [9.17, 15) is 4.79 Å². The quantitative estimate of drug-likeness (QED) is 0.209. The molecule has 5 rings (SSSR count). The molecule has 1 amide bonds. The van der Waals surface area contributed by atoms with Crippen molar-refractivity contribution in [3.63, 3.8) is 0 Å². The number of hydrogen-bond donors (Lipinski definition) is 0. The van der Waals surface area contributed by atoms with Crippen LogP contribution in [0.3, 0.4) is 0 Å². The van der Waals surface area contributed by atoms with Gasteiger partial charge in [-0.15, -0.1) is 0 Å². The molecule has 1 aliphatic carbocycles. The van der Waals surface area contributed by atoms with E-state index in [1.165, 1.54) is 11.8 Å². The van der Waals surface area contributed by atoms with Crippen molar-refractivity contribution in [2.45, 2.75) is 38.6 Å². The monoisotopic (exact) mass is 501 g/mol. The Balaban J connectivity index is 1.55. The predicted molar refractivity (Wildman–Crippen MR) is 147 cm³/mol. The highest BCUT2D eigenvalue weighted by atomic mass is 32.2. The number of para-hydroxylation sites is 1. The Morgan fingerprint density at radius 2 is 1.97 bits per heavy atom. The number of aryl methyl sites for hydroxylation is 1.